The van der Waals surface area contributed by atoms with E-state index in [4.69, 9.17) is 22.9 Å². The third kappa shape index (κ3) is 22.2. The molecule has 3 rings (SSSR count). The minimum absolute atomic E-state index is 0.0606. The van der Waals surface area contributed by atoms with Gasteiger partial charge in [0, 0.05) is 39.1 Å². The Morgan fingerprint density at radius 2 is 1.13 bits per heavy atom. The van der Waals surface area contributed by atoms with Crippen molar-refractivity contribution in [1.82, 2.24) is 63.4 Å². The van der Waals surface area contributed by atoms with Crippen LogP contribution >= 0.6 is 0 Å². The summed E-state index contributed by atoms with van der Waals surface area (Å²) in [5.74, 6) is -8.91. The number of hydrogen-bond donors (Lipinski definition) is 17. The van der Waals surface area contributed by atoms with Crippen LogP contribution in [0.3, 0.4) is 0 Å². The second-order valence-corrected chi connectivity index (χ2v) is 19.7. The number of piperazine rings is 1. The third-order valence-electron chi connectivity index (χ3n) is 12.7. The molecule has 432 valence electrons. The maximum atomic E-state index is 14.4. The van der Waals surface area contributed by atoms with E-state index in [2.05, 4.69) is 58.5 Å². The smallest absolute Gasteiger partial charge is 0.245 e. The first kappa shape index (κ1) is 64.9. The topological polar surface area (TPSA) is 451 Å². The van der Waals surface area contributed by atoms with Crippen LogP contribution in [0.2, 0.25) is 0 Å². The number of nitrogens with two attached hydrogens (primary N) is 4. The van der Waals surface area contributed by atoms with E-state index in [9.17, 15) is 58.2 Å². The Labute approximate surface area is 448 Å². The SMILES string of the molecule is CC(C)C[C@@H]1NC(=O)[C@@H](Cc2ccccc2)NC(=O)[C@H](CCN)NC(=O)[C@@H](NC(=O)[C@H](CCN)NC(=O)[C@@H](NC(=O)CN2CCNCC2)C(C)O)CCNC(=O)C(C(C)O)NC(=O)[C@H](CCN)NC(=O)[C@H](CCN)NC1=O. The molecule has 0 radical (unpaired) electrons. The lowest BCUT2D eigenvalue weighted by atomic mass is 10.00. The lowest BCUT2D eigenvalue weighted by molar-refractivity contribution is -0.136. The van der Waals surface area contributed by atoms with Gasteiger partial charge < -0.3 is 91.6 Å². The average Bonchev–Trinajstić information content (AvgIpc) is 3.37. The van der Waals surface area contributed by atoms with E-state index in [0.29, 0.717) is 31.7 Å². The number of carbonyl (C=O) groups is 10. The van der Waals surface area contributed by atoms with Gasteiger partial charge in [-0.15, -0.1) is 0 Å². The van der Waals surface area contributed by atoms with Gasteiger partial charge in [0.05, 0.1) is 18.8 Å². The Morgan fingerprint density at radius 1 is 0.623 bits per heavy atom. The van der Waals surface area contributed by atoms with Gasteiger partial charge in [-0.25, -0.2) is 0 Å². The zero-order valence-electron chi connectivity index (χ0n) is 44.6. The molecule has 2 saturated heterocycles. The Morgan fingerprint density at radius 3 is 1.65 bits per heavy atom. The molecule has 10 amide bonds. The van der Waals surface area contributed by atoms with Gasteiger partial charge in [0.2, 0.25) is 59.1 Å². The predicted molar refractivity (Wildman–Crippen MR) is 282 cm³/mol. The Bertz CT molecular complexity index is 2110. The zero-order valence-corrected chi connectivity index (χ0v) is 44.6. The van der Waals surface area contributed by atoms with Crippen molar-refractivity contribution in [3.8, 4) is 0 Å². The number of nitrogens with zero attached hydrogens (tertiary/aromatic N) is 1. The molecule has 77 heavy (non-hydrogen) atoms. The van der Waals surface area contributed by atoms with Gasteiger partial charge in [-0.2, -0.15) is 0 Å². The summed E-state index contributed by atoms with van der Waals surface area (Å²) in [4.78, 5) is 141. The monoisotopic (exact) mass is 1090 g/mol. The number of benzene rings is 1. The molecule has 11 atom stereocenters. The molecule has 0 bridgehead atoms. The van der Waals surface area contributed by atoms with E-state index in [1.165, 1.54) is 13.8 Å². The lowest BCUT2D eigenvalue weighted by Gasteiger charge is -2.29. The highest BCUT2D eigenvalue weighted by molar-refractivity contribution is 5.99. The van der Waals surface area contributed by atoms with Crippen molar-refractivity contribution in [1.29, 1.82) is 0 Å². The first-order valence-electron chi connectivity index (χ1n) is 26.3. The number of aliphatic hydroxyl groups is 2. The second kappa shape index (κ2) is 33.7. The van der Waals surface area contributed by atoms with Crippen LogP contribution in [0.4, 0.5) is 0 Å². The van der Waals surface area contributed by atoms with Crippen molar-refractivity contribution in [3.63, 3.8) is 0 Å². The molecule has 2 fully saturated rings. The molecule has 28 heteroatoms. The van der Waals surface area contributed by atoms with E-state index in [-0.39, 0.29) is 77.2 Å². The predicted octanol–water partition coefficient (Wildman–Crippen LogP) is -7.78. The van der Waals surface area contributed by atoms with Crippen molar-refractivity contribution in [2.45, 2.75) is 139 Å². The highest BCUT2D eigenvalue weighted by Gasteiger charge is 2.37. The summed E-state index contributed by atoms with van der Waals surface area (Å²) in [6.45, 7) is 7.47. The molecule has 1 aromatic rings. The van der Waals surface area contributed by atoms with Gasteiger partial charge >= 0.3 is 0 Å². The number of amides is 10. The molecule has 0 spiro atoms. The van der Waals surface area contributed by atoms with Crippen LogP contribution in [-0.4, -0.2) is 206 Å². The number of nitrogens with one attached hydrogen (secondary N) is 11. The minimum Gasteiger partial charge on any atom is -0.391 e. The molecule has 21 N–H and O–H groups in total. The zero-order chi connectivity index (χ0) is 57.2. The first-order valence-corrected chi connectivity index (χ1v) is 26.3. The fraction of sp³-hybridized carbons (Fsp3) is 0.673. The van der Waals surface area contributed by atoms with E-state index in [1.807, 2.05) is 4.90 Å². The molecule has 2 aliphatic heterocycles. The standard InChI is InChI=1S/C49H84N16O12/c1-27(2)24-36-46(74)58-31(10-15-50)41(69)57-34(13-18-53)45(73)64-39(28(3)66)48(76)55-19-14-35(44(72)56-32(11-16-51)43(71)62-37(47(75)61-36)25-30-8-6-5-7-9-30)59-42(70)33(12-17-52)60-49(77)40(29(4)67)63-38(68)26-65-22-20-54-21-23-65/h5-9,27-29,31-37,39-40,54,66-67H,10-26,50-53H2,1-4H3,(H,55,76)(H,56,72)(H,57,69)(H,58,74)(H,59,70)(H,60,77)(H,61,75)(H,62,71)(H,63,68)(H,64,73)/t28?,29?,31-,32-,33-,34-,35-,36-,37+,39?,40-/m0/s1. The van der Waals surface area contributed by atoms with Crippen molar-refractivity contribution in [2.24, 2.45) is 28.9 Å². The van der Waals surface area contributed by atoms with Crippen LogP contribution in [0.5, 0.6) is 0 Å². The van der Waals surface area contributed by atoms with E-state index >= 15 is 0 Å². The third-order valence-corrected chi connectivity index (χ3v) is 12.7. The molecule has 0 aliphatic carbocycles. The summed E-state index contributed by atoms with van der Waals surface area (Å²) < 4.78 is 0. The second-order valence-electron chi connectivity index (χ2n) is 19.7. The summed E-state index contributed by atoms with van der Waals surface area (Å²) in [5.41, 5.74) is 24.1. The molecule has 0 aromatic heterocycles. The van der Waals surface area contributed by atoms with E-state index in [1.54, 1.807) is 44.2 Å². The van der Waals surface area contributed by atoms with Crippen LogP contribution in [0.1, 0.15) is 71.8 Å². The van der Waals surface area contributed by atoms with E-state index < -0.39 is 139 Å². The average molecular weight is 1090 g/mol. The van der Waals surface area contributed by atoms with E-state index in [0.717, 1.165) is 0 Å². The summed E-state index contributed by atoms with van der Waals surface area (Å²) in [7, 11) is 0. The van der Waals surface area contributed by atoms with Gasteiger partial charge in [0.1, 0.15) is 54.4 Å². The maximum Gasteiger partial charge on any atom is 0.245 e. The fourth-order valence-electron chi connectivity index (χ4n) is 8.47. The highest BCUT2D eigenvalue weighted by Crippen LogP contribution is 2.11. The van der Waals surface area contributed by atoms with Crippen LogP contribution in [0.25, 0.3) is 0 Å². The van der Waals surface area contributed by atoms with Crippen molar-refractivity contribution in [3.05, 3.63) is 35.9 Å². The van der Waals surface area contributed by atoms with Gasteiger partial charge in [0.15, 0.2) is 0 Å². The number of carbonyl (C=O) groups excluding carboxylic acids is 10. The summed E-state index contributed by atoms with van der Waals surface area (Å²) in [6, 6.07) is -4.52. The van der Waals surface area contributed by atoms with Crippen molar-refractivity contribution >= 4 is 59.1 Å². The van der Waals surface area contributed by atoms with Crippen molar-refractivity contribution < 1.29 is 58.2 Å². The van der Waals surface area contributed by atoms with Gasteiger partial charge in [0.25, 0.3) is 0 Å². The normalized spacial score (nSPS) is 24.7. The molecule has 2 heterocycles. The Balaban J connectivity index is 2.09. The first-order chi connectivity index (χ1) is 36.6. The number of rotatable bonds is 21. The highest BCUT2D eigenvalue weighted by atomic mass is 16.3. The molecule has 2 aliphatic rings. The fourth-order valence-corrected chi connectivity index (χ4v) is 8.47. The van der Waals surface area contributed by atoms with Gasteiger partial charge in [-0.05, 0) is 90.0 Å². The summed E-state index contributed by atoms with van der Waals surface area (Å²) in [5, 5.41) is 50.1. The largest absolute Gasteiger partial charge is 0.391 e. The quantitative estimate of drug-likeness (QED) is 0.0544. The molecular weight excluding hydrogens is 1000 g/mol. The maximum absolute atomic E-state index is 14.4. The van der Waals surface area contributed by atoms with Crippen LogP contribution < -0.4 is 81.4 Å². The molecule has 0 saturated carbocycles. The van der Waals surface area contributed by atoms with Gasteiger partial charge in [-0.3, -0.25) is 52.8 Å². The van der Waals surface area contributed by atoms with Crippen LogP contribution in [-0.2, 0) is 54.4 Å². The van der Waals surface area contributed by atoms with Gasteiger partial charge in [-0.1, -0.05) is 44.2 Å². The molecule has 3 unspecified atom stereocenters. The Hall–Kier alpha value is -6.40. The summed E-state index contributed by atoms with van der Waals surface area (Å²) in [6.07, 6.45) is -4.11. The number of aliphatic hydroxyl groups excluding tert-OH is 2. The van der Waals surface area contributed by atoms with Crippen LogP contribution in [0, 0.1) is 5.92 Å². The van der Waals surface area contributed by atoms with Crippen LogP contribution in [0.15, 0.2) is 30.3 Å². The molecule has 28 nitrogen and oxygen atoms in total. The minimum atomic E-state index is -1.66. The molecule has 1 aromatic carbocycles. The number of hydrogen-bond acceptors (Lipinski definition) is 18. The summed E-state index contributed by atoms with van der Waals surface area (Å²) >= 11 is 0. The molecular formula is C49H84N16O12. The van der Waals surface area contributed by atoms with Crippen molar-refractivity contribution in [2.75, 3.05) is 65.4 Å². The Kier molecular flexibility index (Phi) is 28.4. The lowest BCUT2D eigenvalue weighted by Crippen LogP contribution is -2.61.